The van der Waals surface area contributed by atoms with Crippen molar-refractivity contribution in [2.75, 3.05) is 17.2 Å². The molecule has 1 atom stereocenters. The summed E-state index contributed by atoms with van der Waals surface area (Å²) in [5, 5.41) is 8.37. The maximum Gasteiger partial charge on any atom is 0.318 e. The van der Waals surface area contributed by atoms with Gasteiger partial charge in [-0.3, -0.25) is 0 Å². The third-order valence-electron chi connectivity index (χ3n) is 3.89. The van der Waals surface area contributed by atoms with Gasteiger partial charge in [0.05, 0.1) is 0 Å². The van der Waals surface area contributed by atoms with Crippen molar-refractivity contribution in [1.82, 2.24) is 10.2 Å². The molecule has 3 rings (SSSR count). The third-order valence-corrected chi connectivity index (χ3v) is 3.89. The molecular weight excluding hydrogens is 252 g/mol. The zero-order valence-electron chi connectivity index (χ0n) is 11.7. The number of benzene rings is 1. The summed E-state index contributed by atoms with van der Waals surface area (Å²) in [6.45, 7) is 3.20. The second kappa shape index (κ2) is 5.53. The Morgan fingerprint density at radius 1 is 1.35 bits per heavy atom. The van der Waals surface area contributed by atoms with Crippen LogP contribution in [0.4, 0.5) is 11.7 Å². The van der Waals surface area contributed by atoms with Gasteiger partial charge in [-0.25, -0.2) is 0 Å². The lowest BCUT2D eigenvalue weighted by Crippen LogP contribution is -2.39. The van der Waals surface area contributed by atoms with Crippen LogP contribution in [0.15, 0.2) is 28.7 Å². The van der Waals surface area contributed by atoms with Crippen molar-refractivity contribution in [3.8, 4) is 11.5 Å². The van der Waals surface area contributed by atoms with E-state index in [9.17, 15) is 0 Å². The highest BCUT2D eigenvalue weighted by Gasteiger charge is 2.25. The molecule has 1 fully saturated rings. The van der Waals surface area contributed by atoms with Crippen LogP contribution in [0.1, 0.15) is 32.6 Å². The molecule has 0 radical (unpaired) electrons. The maximum atomic E-state index is 5.84. The minimum absolute atomic E-state index is 0.512. The minimum Gasteiger partial charge on any atom is -0.403 e. The summed E-state index contributed by atoms with van der Waals surface area (Å²) in [4.78, 5) is 2.24. The fourth-order valence-corrected chi connectivity index (χ4v) is 2.80. The molecule has 0 aliphatic carbocycles. The predicted octanol–water partition coefficient (Wildman–Crippen LogP) is 3.09. The van der Waals surface area contributed by atoms with Crippen molar-refractivity contribution in [2.24, 2.45) is 0 Å². The Morgan fingerprint density at radius 2 is 2.25 bits per heavy atom. The smallest absolute Gasteiger partial charge is 0.318 e. The van der Waals surface area contributed by atoms with Crippen LogP contribution in [0.2, 0.25) is 0 Å². The van der Waals surface area contributed by atoms with Crippen LogP contribution in [0.25, 0.3) is 11.5 Å². The van der Waals surface area contributed by atoms with Crippen molar-refractivity contribution in [2.45, 2.75) is 38.6 Å². The lowest BCUT2D eigenvalue weighted by Gasteiger charge is -2.33. The molecule has 1 saturated heterocycles. The number of nitrogens with two attached hydrogens (primary N) is 1. The standard InChI is InChI=1S/C15H20N4O/c1-2-13-8-3-4-9-19(13)15-18-17-14(20-15)11-6-5-7-12(16)10-11/h5-7,10,13H,2-4,8-9,16H2,1H3. The molecule has 2 heterocycles. The molecule has 1 aliphatic heterocycles. The Balaban J connectivity index is 1.86. The second-order valence-corrected chi connectivity index (χ2v) is 5.27. The quantitative estimate of drug-likeness (QED) is 0.870. The van der Waals surface area contributed by atoms with Crippen LogP contribution in [0, 0.1) is 0 Å². The van der Waals surface area contributed by atoms with E-state index in [1.807, 2.05) is 24.3 Å². The summed E-state index contributed by atoms with van der Waals surface area (Å²) in [7, 11) is 0. The maximum absolute atomic E-state index is 5.84. The van der Waals surface area contributed by atoms with Crippen molar-refractivity contribution in [3.63, 3.8) is 0 Å². The molecule has 0 saturated carbocycles. The van der Waals surface area contributed by atoms with E-state index in [1.165, 1.54) is 19.3 Å². The van der Waals surface area contributed by atoms with Crippen LogP contribution in [-0.2, 0) is 0 Å². The van der Waals surface area contributed by atoms with Crippen LogP contribution in [0.3, 0.4) is 0 Å². The number of aromatic nitrogens is 2. The van der Waals surface area contributed by atoms with Crippen LogP contribution >= 0.6 is 0 Å². The first-order valence-corrected chi connectivity index (χ1v) is 7.24. The van der Waals surface area contributed by atoms with Gasteiger partial charge >= 0.3 is 6.01 Å². The normalized spacial score (nSPS) is 19.2. The number of anilines is 2. The Hall–Kier alpha value is -2.04. The van der Waals surface area contributed by atoms with Crippen LogP contribution < -0.4 is 10.6 Å². The molecule has 1 aromatic heterocycles. The summed E-state index contributed by atoms with van der Waals surface area (Å²) in [5.74, 6) is 0.535. The molecule has 2 N–H and O–H groups in total. The molecule has 1 aromatic carbocycles. The van der Waals surface area contributed by atoms with E-state index >= 15 is 0 Å². The average Bonchev–Trinajstić information content (AvgIpc) is 2.97. The molecule has 0 spiro atoms. The van der Waals surface area contributed by atoms with Gasteiger partial charge in [-0.15, -0.1) is 5.10 Å². The lowest BCUT2D eigenvalue weighted by atomic mass is 10.0. The largest absolute Gasteiger partial charge is 0.403 e. The number of rotatable bonds is 3. The molecule has 106 valence electrons. The fraction of sp³-hybridized carbons (Fsp3) is 0.467. The van der Waals surface area contributed by atoms with Crippen molar-refractivity contribution in [1.29, 1.82) is 0 Å². The summed E-state index contributed by atoms with van der Waals surface area (Å²) in [5.41, 5.74) is 7.36. The molecule has 0 amide bonds. The second-order valence-electron chi connectivity index (χ2n) is 5.27. The molecule has 5 heteroatoms. The molecular formula is C15H20N4O. The van der Waals surface area contributed by atoms with Gasteiger partial charge in [0.1, 0.15) is 0 Å². The first-order valence-electron chi connectivity index (χ1n) is 7.24. The number of hydrogen-bond acceptors (Lipinski definition) is 5. The molecule has 0 bridgehead atoms. The number of nitrogens with zero attached hydrogens (tertiary/aromatic N) is 3. The summed E-state index contributed by atoms with van der Waals surface area (Å²) >= 11 is 0. The zero-order chi connectivity index (χ0) is 13.9. The Bertz CT molecular complexity index is 581. The molecule has 1 unspecified atom stereocenters. The van der Waals surface area contributed by atoms with E-state index in [-0.39, 0.29) is 0 Å². The van der Waals surface area contributed by atoms with Crippen molar-refractivity contribution < 1.29 is 4.42 Å². The summed E-state index contributed by atoms with van der Waals surface area (Å²) < 4.78 is 5.84. The van der Waals surface area contributed by atoms with Gasteiger partial charge in [-0.1, -0.05) is 18.1 Å². The van der Waals surface area contributed by atoms with Gasteiger partial charge in [0.2, 0.25) is 5.89 Å². The highest BCUT2D eigenvalue weighted by molar-refractivity contribution is 5.59. The van der Waals surface area contributed by atoms with Gasteiger partial charge in [0.15, 0.2) is 0 Å². The summed E-state index contributed by atoms with van der Waals surface area (Å²) in [6.07, 6.45) is 4.78. The van der Waals surface area contributed by atoms with Gasteiger partial charge in [-0.05, 0) is 43.9 Å². The van der Waals surface area contributed by atoms with Gasteiger partial charge in [0, 0.05) is 23.8 Å². The van der Waals surface area contributed by atoms with E-state index in [2.05, 4.69) is 22.0 Å². The summed E-state index contributed by atoms with van der Waals surface area (Å²) in [6, 6.07) is 8.67. The van der Waals surface area contributed by atoms with Crippen LogP contribution in [0.5, 0.6) is 0 Å². The highest BCUT2D eigenvalue weighted by Crippen LogP contribution is 2.28. The Kier molecular flexibility index (Phi) is 3.58. The molecule has 2 aromatic rings. The van der Waals surface area contributed by atoms with E-state index in [0.29, 0.717) is 23.6 Å². The van der Waals surface area contributed by atoms with Gasteiger partial charge < -0.3 is 15.1 Å². The SMILES string of the molecule is CCC1CCCCN1c1nnc(-c2cccc(N)c2)o1. The van der Waals surface area contributed by atoms with Crippen LogP contribution in [-0.4, -0.2) is 22.8 Å². The average molecular weight is 272 g/mol. The van der Waals surface area contributed by atoms with Crippen molar-refractivity contribution in [3.05, 3.63) is 24.3 Å². The molecule has 1 aliphatic rings. The lowest BCUT2D eigenvalue weighted by molar-refractivity contribution is 0.412. The Morgan fingerprint density at radius 3 is 3.05 bits per heavy atom. The predicted molar refractivity (Wildman–Crippen MR) is 79.4 cm³/mol. The van der Waals surface area contributed by atoms with E-state index in [1.54, 1.807) is 0 Å². The topological polar surface area (TPSA) is 68.2 Å². The first-order chi connectivity index (χ1) is 9.78. The minimum atomic E-state index is 0.512. The first kappa shape index (κ1) is 13.0. The van der Waals surface area contributed by atoms with Crippen molar-refractivity contribution >= 4 is 11.7 Å². The monoisotopic (exact) mass is 272 g/mol. The molecule has 5 nitrogen and oxygen atoms in total. The fourth-order valence-electron chi connectivity index (χ4n) is 2.80. The highest BCUT2D eigenvalue weighted by atomic mass is 16.4. The number of nitrogen functional groups attached to an aromatic ring is 1. The number of piperidine rings is 1. The van der Waals surface area contributed by atoms with E-state index in [4.69, 9.17) is 10.2 Å². The number of hydrogen-bond donors (Lipinski definition) is 1. The van der Waals surface area contributed by atoms with E-state index in [0.717, 1.165) is 18.5 Å². The third kappa shape index (κ3) is 2.48. The molecule has 20 heavy (non-hydrogen) atoms. The van der Waals surface area contributed by atoms with Gasteiger partial charge in [-0.2, -0.15) is 0 Å². The van der Waals surface area contributed by atoms with E-state index < -0.39 is 0 Å². The zero-order valence-corrected chi connectivity index (χ0v) is 11.7. The van der Waals surface area contributed by atoms with Gasteiger partial charge in [0.25, 0.3) is 0 Å². The Labute approximate surface area is 118 Å².